The van der Waals surface area contributed by atoms with E-state index in [0.717, 1.165) is 22.7 Å². The molecule has 0 aliphatic carbocycles. The van der Waals surface area contributed by atoms with Crippen molar-refractivity contribution < 1.29 is 4.39 Å². The molecule has 0 saturated heterocycles. The maximum Gasteiger partial charge on any atom is 0.144 e. The number of halogens is 1. The highest BCUT2D eigenvalue weighted by molar-refractivity contribution is 5.74. The third-order valence-corrected chi connectivity index (χ3v) is 2.72. The van der Waals surface area contributed by atoms with Gasteiger partial charge in [0, 0.05) is 25.4 Å². The topological polar surface area (TPSA) is 66.5 Å². The van der Waals surface area contributed by atoms with Gasteiger partial charge in [-0.2, -0.15) is 0 Å². The van der Waals surface area contributed by atoms with Crippen molar-refractivity contribution in [2.24, 2.45) is 0 Å². The van der Waals surface area contributed by atoms with Gasteiger partial charge < -0.3 is 10.3 Å². The molecule has 0 aliphatic heterocycles. The summed E-state index contributed by atoms with van der Waals surface area (Å²) in [5, 5.41) is 3.14. The number of aromatic nitrogens is 4. The molecule has 0 aliphatic rings. The summed E-state index contributed by atoms with van der Waals surface area (Å²) in [4.78, 5) is 15.6. The summed E-state index contributed by atoms with van der Waals surface area (Å²) in [7, 11) is 0. The number of hydrogen-bond acceptors (Lipinski definition) is 4. The summed E-state index contributed by atoms with van der Waals surface area (Å²) < 4.78 is 13.0. The van der Waals surface area contributed by atoms with Gasteiger partial charge in [0.1, 0.15) is 17.5 Å². The van der Waals surface area contributed by atoms with Crippen molar-refractivity contribution in [1.29, 1.82) is 0 Å². The van der Waals surface area contributed by atoms with Crippen molar-refractivity contribution in [2.45, 2.75) is 6.42 Å². The molecule has 0 saturated carbocycles. The Balaban J connectivity index is 1.65. The summed E-state index contributed by atoms with van der Waals surface area (Å²) in [5.41, 5.74) is 1.49. The number of fused-ring (bicyclic) bond motifs is 1. The molecule has 0 atom stereocenters. The molecule has 0 spiro atoms. The number of rotatable bonds is 4. The smallest absolute Gasteiger partial charge is 0.144 e. The first-order valence-electron chi connectivity index (χ1n) is 5.95. The van der Waals surface area contributed by atoms with Crippen LogP contribution in [0.4, 0.5) is 10.2 Å². The lowest BCUT2D eigenvalue weighted by molar-refractivity contribution is 0.629. The fourth-order valence-electron chi connectivity index (χ4n) is 1.85. The van der Waals surface area contributed by atoms with Gasteiger partial charge in [-0.25, -0.2) is 14.4 Å². The number of nitrogens with zero attached hydrogens (tertiary/aromatic N) is 3. The third kappa shape index (κ3) is 2.67. The predicted octanol–water partition coefficient (Wildman–Crippen LogP) is 2.15. The standard InChI is InChI=1S/C13H12FN5/c14-9-1-2-10-11(7-9)19-12(18-10)3-4-16-13-8-15-5-6-17-13/h1-2,5-8H,3-4H2,(H,16,17)(H,18,19). The molecule has 2 aromatic heterocycles. The Kier molecular flexibility index (Phi) is 3.06. The fraction of sp³-hybridized carbons (Fsp3) is 0.154. The Hall–Kier alpha value is -2.50. The van der Waals surface area contributed by atoms with Gasteiger partial charge in [0.25, 0.3) is 0 Å². The number of aromatic amines is 1. The number of H-pyrrole nitrogens is 1. The maximum absolute atomic E-state index is 13.0. The van der Waals surface area contributed by atoms with Gasteiger partial charge in [0.05, 0.1) is 17.2 Å². The van der Waals surface area contributed by atoms with Gasteiger partial charge >= 0.3 is 0 Å². The van der Waals surface area contributed by atoms with Crippen molar-refractivity contribution in [3.8, 4) is 0 Å². The van der Waals surface area contributed by atoms with Crippen LogP contribution in [-0.2, 0) is 6.42 Å². The van der Waals surface area contributed by atoms with Gasteiger partial charge in [0.2, 0.25) is 0 Å². The maximum atomic E-state index is 13.0. The zero-order valence-corrected chi connectivity index (χ0v) is 10.1. The molecule has 0 unspecified atom stereocenters. The van der Waals surface area contributed by atoms with Crippen LogP contribution < -0.4 is 5.32 Å². The van der Waals surface area contributed by atoms with Gasteiger partial charge in [-0.3, -0.25) is 4.98 Å². The van der Waals surface area contributed by atoms with Crippen LogP contribution in [0, 0.1) is 5.82 Å². The second-order valence-corrected chi connectivity index (χ2v) is 4.11. The molecule has 2 heterocycles. The molecule has 1 aromatic carbocycles. The quantitative estimate of drug-likeness (QED) is 0.751. The van der Waals surface area contributed by atoms with E-state index in [0.29, 0.717) is 13.0 Å². The molecule has 0 amide bonds. The van der Waals surface area contributed by atoms with Crippen molar-refractivity contribution in [3.63, 3.8) is 0 Å². The van der Waals surface area contributed by atoms with E-state index in [2.05, 4.69) is 25.3 Å². The highest BCUT2D eigenvalue weighted by atomic mass is 19.1. The third-order valence-electron chi connectivity index (χ3n) is 2.72. The molecular weight excluding hydrogens is 245 g/mol. The lowest BCUT2D eigenvalue weighted by Crippen LogP contribution is -2.07. The summed E-state index contributed by atoms with van der Waals surface area (Å²) in [6.45, 7) is 0.682. The van der Waals surface area contributed by atoms with Crippen LogP contribution in [0.1, 0.15) is 5.82 Å². The Bertz CT molecular complexity index is 680. The number of benzene rings is 1. The largest absolute Gasteiger partial charge is 0.368 e. The molecule has 5 nitrogen and oxygen atoms in total. The predicted molar refractivity (Wildman–Crippen MR) is 70.3 cm³/mol. The Morgan fingerprint density at radius 1 is 1.26 bits per heavy atom. The zero-order valence-electron chi connectivity index (χ0n) is 10.1. The van der Waals surface area contributed by atoms with Crippen molar-refractivity contribution in [3.05, 3.63) is 48.4 Å². The van der Waals surface area contributed by atoms with E-state index in [9.17, 15) is 4.39 Å². The molecule has 6 heteroatoms. The first-order valence-corrected chi connectivity index (χ1v) is 5.95. The first kappa shape index (κ1) is 11.6. The van der Waals surface area contributed by atoms with E-state index in [1.165, 1.54) is 12.1 Å². The zero-order chi connectivity index (χ0) is 13.1. The molecule has 0 fully saturated rings. The van der Waals surface area contributed by atoms with Crippen LogP contribution >= 0.6 is 0 Å². The van der Waals surface area contributed by atoms with Crippen LogP contribution in [-0.4, -0.2) is 26.5 Å². The van der Waals surface area contributed by atoms with Crippen LogP contribution in [0.3, 0.4) is 0 Å². The normalized spacial score (nSPS) is 10.8. The number of nitrogens with one attached hydrogen (secondary N) is 2. The second-order valence-electron chi connectivity index (χ2n) is 4.11. The number of hydrogen-bond donors (Lipinski definition) is 2. The van der Waals surface area contributed by atoms with E-state index in [1.807, 2.05) is 0 Å². The van der Waals surface area contributed by atoms with Crippen LogP contribution in [0.25, 0.3) is 11.0 Å². The molecule has 0 bridgehead atoms. The summed E-state index contributed by atoms with van der Waals surface area (Å²) in [5.74, 6) is 1.28. The number of anilines is 1. The highest BCUT2D eigenvalue weighted by Crippen LogP contribution is 2.13. The molecule has 3 rings (SSSR count). The van der Waals surface area contributed by atoms with Crippen molar-refractivity contribution >= 4 is 16.9 Å². The van der Waals surface area contributed by atoms with E-state index in [1.54, 1.807) is 24.7 Å². The fourth-order valence-corrected chi connectivity index (χ4v) is 1.85. The summed E-state index contributed by atoms with van der Waals surface area (Å²) in [6, 6.07) is 4.52. The van der Waals surface area contributed by atoms with Crippen LogP contribution in [0.5, 0.6) is 0 Å². The van der Waals surface area contributed by atoms with Crippen molar-refractivity contribution in [1.82, 2.24) is 19.9 Å². The molecule has 0 radical (unpaired) electrons. The van der Waals surface area contributed by atoms with Gasteiger partial charge in [0.15, 0.2) is 0 Å². The summed E-state index contributed by atoms with van der Waals surface area (Å²) in [6.07, 6.45) is 5.62. The lowest BCUT2D eigenvalue weighted by Gasteiger charge is -2.02. The van der Waals surface area contributed by atoms with E-state index < -0.39 is 0 Å². The highest BCUT2D eigenvalue weighted by Gasteiger charge is 2.03. The van der Waals surface area contributed by atoms with Crippen LogP contribution in [0.15, 0.2) is 36.8 Å². The Labute approximate surface area is 108 Å². The minimum atomic E-state index is -0.264. The van der Waals surface area contributed by atoms with Crippen LogP contribution in [0.2, 0.25) is 0 Å². The van der Waals surface area contributed by atoms with E-state index in [-0.39, 0.29) is 5.82 Å². The minimum Gasteiger partial charge on any atom is -0.368 e. The molecule has 2 N–H and O–H groups in total. The Morgan fingerprint density at radius 3 is 3.05 bits per heavy atom. The number of imidazole rings is 1. The first-order chi connectivity index (χ1) is 9.31. The minimum absolute atomic E-state index is 0.264. The average Bonchev–Trinajstić information content (AvgIpc) is 2.82. The lowest BCUT2D eigenvalue weighted by atomic mass is 10.3. The molecular formula is C13H12FN5. The van der Waals surface area contributed by atoms with Gasteiger partial charge in [-0.05, 0) is 18.2 Å². The Morgan fingerprint density at radius 2 is 2.21 bits per heavy atom. The van der Waals surface area contributed by atoms with Gasteiger partial charge in [-0.15, -0.1) is 0 Å². The van der Waals surface area contributed by atoms with E-state index in [4.69, 9.17) is 0 Å². The van der Waals surface area contributed by atoms with Gasteiger partial charge in [-0.1, -0.05) is 0 Å². The van der Waals surface area contributed by atoms with Crippen molar-refractivity contribution in [2.75, 3.05) is 11.9 Å². The SMILES string of the molecule is Fc1ccc2nc(CCNc3cnccn3)[nH]c2c1. The average molecular weight is 257 g/mol. The van der Waals surface area contributed by atoms with E-state index >= 15 is 0 Å². The summed E-state index contributed by atoms with van der Waals surface area (Å²) >= 11 is 0. The molecule has 19 heavy (non-hydrogen) atoms. The molecule has 3 aromatic rings. The second kappa shape index (κ2) is 5.01. The molecule has 96 valence electrons. The monoisotopic (exact) mass is 257 g/mol.